The largest absolute Gasteiger partial charge is 0.397 e. The van der Waals surface area contributed by atoms with E-state index in [1.165, 1.54) is 6.42 Å². The molecule has 1 heterocycles. The lowest BCUT2D eigenvalue weighted by molar-refractivity contribution is -0.127. The number of nitrogen functional groups attached to an aromatic ring is 1. The Balaban J connectivity index is 1.50. The minimum absolute atomic E-state index is 0.236. The lowest BCUT2D eigenvalue weighted by atomic mass is 9.85. The Morgan fingerprint density at radius 1 is 1.32 bits per heavy atom. The molecule has 1 aromatic rings. The van der Waals surface area contributed by atoms with Crippen molar-refractivity contribution >= 4 is 17.4 Å². The SMILES string of the molecule is Nc1ccc(NCCCCNC(=O)C2CCC2)nc1. The van der Waals surface area contributed by atoms with Gasteiger partial charge in [0.15, 0.2) is 0 Å². The molecule has 0 radical (unpaired) electrons. The number of hydrogen-bond acceptors (Lipinski definition) is 4. The highest BCUT2D eigenvalue weighted by Crippen LogP contribution is 2.26. The zero-order valence-corrected chi connectivity index (χ0v) is 11.2. The van der Waals surface area contributed by atoms with Crippen LogP contribution in [0.5, 0.6) is 0 Å². The molecule has 0 aliphatic heterocycles. The molecule has 1 aliphatic carbocycles. The molecule has 4 N–H and O–H groups in total. The van der Waals surface area contributed by atoms with E-state index < -0.39 is 0 Å². The number of unbranched alkanes of at least 4 members (excludes halogenated alkanes) is 1. The molecule has 104 valence electrons. The standard InChI is InChI=1S/C14H22N4O/c15-12-6-7-13(18-10-12)16-8-1-2-9-17-14(19)11-4-3-5-11/h6-7,10-11H,1-5,8-9,15H2,(H,16,18)(H,17,19). The van der Waals surface area contributed by atoms with E-state index in [-0.39, 0.29) is 11.8 Å². The quantitative estimate of drug-likeness (QED) is 0.654. The molecule has 1 aliphatic rings. The number of aromatic nitrogens is 1. The number of anilines is 2. The lowest BCUT2D eigenvalue weighted by Crippen LogP contribution is -2.35. The van der Waals surface area contributed by atoms with Crippen molar-refractivity contribution in [2.24, 2.45) is 5.92 Å². The van der Waals surface area contributed by atoms with Gasteiger partial charge in [-0.15, -0.1) is 0 Å². The molecule has 0 saturated heterocycles. The van der Waals surface area contributed by atoms with Crippen LogP contribution in [0.25, 0.3) is 0 Å². The summed E-state index contributed by atoms with van der Waals surface area (Å²) in [5.74, 6) is 1.37. The lowest BCUT2D eigenvalue weighted by Gasteiger charge is -2.23. The number of hydrogen-bond donors (Lipinski definition) is 3. The van der Waals surface area contributed by atoms with Gasteiger partial charge in [0.05, 0.1) is 11.9 Å². The molecular formula is C14H22N4O. The highest BCUT2D eigenvalue weighted by molar-refractivity contribution is 5.79. The highest BCUT2D eigenvalue weighted by atomic mass is 16.1. The van der Waals surface area contributed by atoms with Gasteiger partial charge in [-0.25, -0.2) is 4.98 Å². The Bertz CT molecular complexity index is 400. The van der Waals surface area contributed by atoms with Crippen LogP contribution in [0.4, 0.5) is 11.5 Å². The minimum Gasteiger partial charge on any atom is -0.397 e. The summed E-state index contributed by atoms with van der Waals surface area (Å²) >= 11 is 0. The summed E-state index contributed by atoms with van der Waals surface area (Å²) in [5, 5.41) is 6.22. The molecule has 1 fully saturated rings. The molecule has 1 amide bonds. The third-order valence-corrected chi connectivity index (χ3v) is 3.47. The van der Waals surface area contributed by atoms with Crippen LogP contribution in [0.2, 0.25) is 0 Å². The third kappa shape index (κ3) is 4.43. The van der Waals surface area contributed by atoms with Crippen LogP contribution in [-0.4, -0.2) is 24.0 Å². The normalized spacial score (nSPS) is 14.7. The van der Waals surface area contributed by atoms with Crippen molar-refractivity contribution in [1.29, 1.82) is 0 Å². The fraction of sp³-hybridized carbons (Fsp3) is 0.571. The molecule has 1 saturated carbocycles. The zero-order valence-electron chi connectivity index (χ0n) is 11.2. The topological polar surface area (TPSA) is 80.0 Å². The van der Waals surface area contributed by atoms with Crippen molar-refractivity contribution in [3.63, 3.8) is 0 Å². The van der Waals surface area contributed by atoms with E-state index in [0.717, 1.165) is 44.6 Å². The van der Waals surface area contributed by atoms with E-state index in [2.05, 4.69) is 15.6 Å². The second-order valence-corrected chi connectivity index (χ2v) is 5.03. The maximum Gasteiger partial charge on any atom is 0.223 e. The fourth-order valence-electron chi connectivity index (χ4n) is 2.00. The molecule has 0 spiro atoms. The number of carbonyl (C=O) groups excluding carboxylic acids is 1. The van der Waals surface area contributed by atoms with Crippen LogP contribution in [-0.2, 0) is 4.79 Å². The van der Waals surface area contributed by atoms with E-state index in [1.54, 1.807) is 6.20 Å². The van der Waals surface area contributed by atoms with E-state index in [0.29, 0.717) is 5.69 Å². The molecule has 0 atom stereocenters. The van der Waals surface area contributed by atoms with Gasteiger partial charge in [-0.2, -0.15) is 0 Å². The summed E-state index contributed by atoms with van der Waals surface area (Å²) in [6.45, 7) is 1.63. The molecule has 1 aromatic heterocycles. The third-order valence-electron chi connectivity index (χ3n) is 3.47. The van der Waals surface area contributed by atoms with Crippen molar-refractivity contribution in [3.05, 3.63) is 18.3 Å². The molecule has 19 heavy (non-hydrogen) atoms. The summed E-state index contributed by atoms with van der Waals surface area (Å²) in [6.07, 6.45) is 6.97. The van der Waals surface area contributed by atoms with E-state index in [1.807, 2.05) is 12.1 Å². The van der Waals surface area contributed by atoms with Crippen molar-refractivity contribution in [2.75, 3.05) is 24.1 Å². The maximum atomic E-state index is 11.6. The molecule has 0 unspecified atom stereocenters. The monoisotopic (exact) mass is 262 g/mol. The van der Waals surface area contributed by atoms with Gasteiger partial charge in [0.2, 0.25) is 5.91 Å². The second kappa shape index (κ2) is 6.97. The van der Waals surface area contributed by atoms with Crippen LogP contribution >= 0.6 is 0 Å². The first-order valence-corrected chi connectivity index (χ1v) is 6.99. The first-order valence-electron chi connectivity index (χ1n) is 6.99. The number of rotatable bonds is 7. The van der Waals surface area contributed by atoms with Crippen LogP contribution in [0.15, 0.2) is 18.3 Å². The summed E-state index contributed by atoms with van der Waals surface area (Å²) in [4.78, 5) is 15.7. The predicted octanol–water partition coefficient (Wildman–Crippen LogP) is 1.77. The van der Waals surface area contributed by atoms with Gasteiger partial charge < -0.3 is 16.4 Å². The Morgan fingerprint density at radius 2 is 2.11 bits per heavy atom. The van der Waals surface area contributed by atoms with Crippen LogP contribution < -0.4 is 16.4 Å². The molecule has 5 heteroatoms. The van der Waals surface area contributed by atoms with E-state index >= 15 is 0 Å². The van der Waals surface area contributed by atoms with Gasteiger partial charge in [-0.05, 0) is 37.8 Å². The summed E-state index contributed by atoms with van der Waals surface area (Å²) < 4.78 is 0. The zero-order chi connectivity index (χ0) is 13.5. The maximum absolute atomic E-state index is 11.6. The van der Waals surface area contributed by atoms with E-state index in [4.69, 9.17) is 5.73 Å². The number of nitrogens with two attached hydrogens (primary N) is 1. The number of nitrogens with one attached hydrogen (secondary N) is 2. The van der Waals surface area contributed by atoms with Gasteiger partial charge in [0.25, 0.3) is 0 Å². The van der Waals surface area contributed by atoms with Gasteiger partial charge in [-0.1, -0.05) is 6.42 Å². The van der Waals surface area contributed by atoms with Gasteiger partial charge >= 0.3 is 0 Å². The second-order valence-electron chi connectivity index (χ2n) is 5.03. The summed E-state index contributed by atoms with van der Waals surface area (Å²) in [7, 11) is 0. The first kappa shape index (κ1) is 13.6. The summed E-state index contributed by atoms with van der Waals surface area (Å²) in [5.41, 5.74) is 6.23. The Hall–Kier alpha value is -1.78. The smallest absolute Gasteiger partial charge is 0.223 e. The van der Waals surface area contributed by atoms with Gasteiger partial charge in [0.1, 0.15) is 5.82 Å². The van der Waals surface area contributed by atoms with Crippen LogP contribution in [0.1, 0.15) is 32.1 Å². The Labute approximate surface area is 114 Å². The molecule has 0 bridgehead atoms. The van der Waals surface area contributed by atoms with Crippen molar-refractivity contribution in [2.45, 2.75) is 32.1 Å². The molecular weight excluding hydrogens is 240 g/mol. The predicted molar refractivity (Wildman–Crippen MR) is 76.7 cm³/mol. The average Bonchev–Trinajstić information content (AvgIpc) is 2.33. The van der Waals surface area contributed by atoms with E-state index in [9.17, 15) is 4.79 Å². The van der Waals surface area contributed by atoms with Crippen molar-refractivity contribution in [1.82, 2.24) is 10.3 Å². The highest BCUT2D eigenvalue weighted by Gasteiger charge is 2.24. The number of carbonyl (C=O) groups is 1. The molecule has 2 rings (SSSR count). The molecule has 0 aromatic carbocycles. The van der Waals surface area contributed by atoms with Gasteiger partial charge in [-0.3, -0.25) is 4.79 Å². The molecule has 5 nitrogen and oxygen atoms in total. The first-order chi connectivity index (χ1) is 9.25. The minimum atomic E-state index is 0.236. The van der Waals surface area contributed by atoms with Crippen molar-refractivity contribution < 1.29 is 4.79 Å². The fourth-order valence-corrected chi connectivity index (χ4v) is 2.00. The van der Waals surface area contributed by atoms with Crippen molar-refractivity contribution in [3.8, 4) is 0 Å². The Kier molecular flexibility index (Phi) is 5.01. The summed E-state index contributed by atoms with van der Waals surface area (Å²) in [6, 6.07) is 3.70. The average molecular weight is 262 g/mol. The number of amides is 1. The number of pyridine rings is 1. The Morgan fingerprint density at radius 3 is 2.74 bits per heavy atom. The number of nitrogens with zero attached hydrogens (tertiary/aromatic N) is 1. The van der Waals surface area contributed by atoms with Gasteiger partial charge in [0, 0.05) is 19.0 Å². The van der Waals surface area contributed by atoms with Crippen LogP contribution in [0.3, 0.4) is 0 Å². The van der Waals surface area contributed by atoms with Crippen LogP contribution in [0, 0.1) is 5.92 Å².